The molecule has 162 valence electrons. The summed E-state index contributed by atoms with van der Waals surface area (Å²) >= 11 is 3.32. The molecule has 8 nitrogen and oxygen atoms in total. The molecule has 0 atom stereocenters. The Morgan fingerprint density at radius 2 is 1.67 bits per heavy atom. The maximum absolute atomic E-state index is 12.8. The second-order valence-corrected chi connectivity index (χ2v) is 9.31. The minimum atomic E-state index is -3.67. The van der Waals surface area contributed by atoms with Crippen molar-refractivity contribution in [2.45, 2.75) is 30.3 Å². The van der Waals surface area contributed by atoms with Gasteiger partial charge < -0.3 is 19.5 Å². The fourth-order valence-electron chi connectivity index (χ4n) is 2.84. The van der Waals surface area contributed by atoms with Crippen LogP contribution in [0.5, 0.6) is 17.2 Å². The van der Waals surface area contributed by atoms with Crippen molar-refractivity contribution in [1.29, 1.82) is 0 Å². The Morgan fingerprint density at radius 3 is 2.27 bits per heavy atom. The molecular weight excluding hydrogens is 476 g/mol. The predicted molar refractivity (Wildman–Crippen MR) is 115 cm³/mol. The fraction of sp³-hybridized carbons (Fsp3) is 0.350. The number of amides is 1. The summed E-state index contributed by atoms with van der Waals surface area (Å²) in [7, 11) is 0.895. The molecule has 30 heavy (non-hydrogen) atoms. The summed E-state index contributed by atoms with van der Waals surface area (Å²) in [6.45, 7) is 0.145. The van der Waals surface area contributed by atoms with Gasteiger partial charge in [0, 0.05) is 28.7 Å². The Hall–Kier alpha value is -2.30. The van der Waals surface area contributed by atoms with Gasteiger partial charge in [-0.2, -0.15) is 0 Å². The third-order valence-electron chi connectivity index (χ3n) is 4.62. The number of halogens is 1. The zero-order valence-corrected chi connectivity index (χ0v) is 19.2. The van der Waals surface area contributed by atoms with E-state index < -0.39 is 15.9 Å². The van der Waals surface area contributed by atoms with E-state index in [2.05, 4.69) is 26.0 Å². The normalized spacial score (nSPS) is 13.6. The number of ether oxygens (including phenoxy) is 3. The first kappa shape index (κ1) is 22.4. The summed E-state index contributed by atoms with van der Waals surface area (Å²) in [4.78, 5) is 12.8. The Bertz CT molecular complexity index is 1050. The number of hydrogen-bond donors (Lipinski definition) is 2. The molecule has 2 N–H and O–H groups in total. The van der Waals surface area contributed by atoms with Crippen molar-refractivity contribution < 1.29 is 27.4 Å². The van der Waals surface area contributed by atoms with E-state index in [0.717, 1.165) is 12.8 Å². The van der Waals surface area contributed by atoms with Crippen molar-refractivity contribution >= 4 is 31.9 Å². The maximum atomic E-state index is 12.8. The van der Waals surface area contributed by atoms with Crippen LogP contribution in [0.1, 0.15) is 28.8 Å². The summed E-state index contributed by atoms with van der Waals surface area (Å²) in [6, 6.07) is 7.74. The van der Waals surface area contributed by atoms with Crippen molar-refractivity contribution in [3.05, 3.63) is 45.9 Å². The molecule has 0 aromatic heterocycles. The Labute approximate surface area is 184 Å². The number of benzene rings is 2. The summed E-state index contributed by atoms with van der Waals surface area (Å²) in [5.41, 5.74) is 0.895. The summed E-state index contributed by atoms with van der Waals surface area (Å²) < 4.78 is 44.0. The average Bonchev–Trinajstić information content (AvgIpc) is 3.54. The Morgan fingerprint density at radius 1 is 1.03 bits per heavy atom. The summed E-state index contributed by atoms with van der Waals surface area (Å²) in [5.74, 6) is 1.11. The van der Waals surface area contributed by atoms with Crippen LogP contribution in [0.3, 0.4) is 0 Å². The lowest BCUT2D eigenvalue weighted by Crippen LogP contribution is -2.27. The highest BCUT2D eigenvalue weighted by Crippen LogP contribution is 2.34. The van der Waals surface area contributed by atoms with E-state index in [1.807, 2.05) is 0 Å². The molecule has 0 spiro atoms. The molecule has 2 aromatic carbocycles. The second-order valence-electron chi connectivity index (χ2n) is 6.74. The van der Waals surface area contributed by atoms with Crippen molar-refractivity contribution in [2.24, 2.45) is 0 Å². The van der Waals surface area contributed by atoms with E-state index in [-0.39, 0.29) is 23.0 Å². The van der Waals surface area contributed by atoms with Gasteiger partial charge in [0.2, 0.25) is 10.0 Å². The largest absolute Gasteiger partial charge is 0.496 e. The molecule has 1 amide bonds. The molecule has 0 heterocycles. The highest BCUT2D eigenvalue weighted by Gasteiger charge is 2.28. The third-order valence-corrected chi connectivity index (χ3v) is 6.83. The minimum Gasteiger partial charge on any atom is -0.496 e. The van der Waals surface area contributed by atoms with Gasteiger partial charge in [-0.25, -0.2) is 13.1 Å². The van der Waals surface area contributed by atoms with E-state index in [4.69, 9.17) is 14.2 Å². The highest BCUT2D eigenvalue weighted by atomic mass is 79.9. The highest BCUT2D eigenvalue weighted by molar-refractivity contribution is 9.10. The first-order valence-corrected chi connectivity index (χ1v) is 11.5. The molecule has 0 saturated heterocycles. The average molecular weight is 499 g/mol. The van der Waals surface area contributed by atoms with Gasteiger partial charge in [-0.3, -0.25) is 4.79 Å². The standard InChI is InChI=1S/C20H23BrN2O6S/c1-27-17-10-19(29-3)18(28-2)8-12(17)11-22-20(24)15-9-14(6-7-16(15)21)30(25,26)23-13-4-5-13/h6-10,13,23H,4-5,11H2,1-3H3,(H,22,24). The van der Waals surface area contributed by atoms with Crippen LogP contribution in [0.4, 0.5) is 0 Å². The lowest BCUT2D eigenvalue weighted by Gasteiger charge is -2.15. The molecule has 1 fully saturated rings. The molecular formula is C20H23BrN2O6S. The summed E-state index contributed by atoms with van der Waals surface area (Å²) in [5, 5.41) is 2.79. The predicted octanol–water partition coefficient (Wildman–Crippen LogP) is 2.85. The Kier molecular flexibility index (Phi) is 6.89. The molecule has 0 bridgehead atoms. The van der Waals surface area contributed by atoms with Crippen molar-refractivity contribution in [3.8, 4) is 17.2 Å². The number of rotatable bonds is 9. The monoisotopic (exact) mass is 498 g/mol. The number of methoxy groups -OCH3 is 3. The molecule has 2 aromatic rings. The van der Waals surface area contributed by atoms with E-state index in [9.17, 15) is 13.2 Å². The van der Waals surface area contributed by atoms with Crippen molar-refractivity contribution in [2.75, 3.05) is 21.3 Å². The van der Waals surface area contributed by atoms with E-state index >= 15 is 0 Å². The van der Waals surface area contributed by atoms with Crippen LogP contribution in [0.15, 0.2) is 39.7 Å². The van der Waals surface area contributed by atoms with E-state index in [0.29, 0.717) is 27.3 Å². The van der Waals surface area contributed by atoms with E-state index in [1.54, 1.807) is 18.2 Å². The first-order valence-electron chi connectivity index (χ1n) is 9.18. The van der Waals surface area contributed by atoms with Crippen LogP contribution in [0, 0.1) is 0 Å². The lowest BCUT2D eigenvalue weighted by molar-refractivity contribution is 0.0949. The molecule has 1 aliphatic carbocycles. The van der Waals surface area contributed by atoms with Gasteiger partial charge in [0.1, 0.15) is 5.75 Å². The van der Waals surface area contributed by atoms with Crippen LogP contribution in [-0.2, 0) is 16.6 Å². The zero-order chi connectivity index (χ0) is 21.9. The van der Waals surface area contributed by atoms with Crippen LogP contribution in [-0.4, -0.2) is 41.7 Å². The molecule has 1 saturated carbocycles. The Balaban J connectivity index is 1.80. The third kappa shape index (κ3) is 5.05. The number of carbonyl (C=O) groups excluding carboxylic acids is 1. The van der Waals surface area contributed by atoms with Gasteiger partial charge in [0.25, 0.3) is 5.91 Å². The zero-order valence-electron chi connectivity index (χ0n) is 16.8. The van der Waals surface area contributed by atoms with E-state index in [1.165, 1.54) is 33.5 Å². The van der Waals surface area contributed by atoms with Gasteiger partial charge in [0.15, 0.2) is 11.5 Å². The summed E-state index contributed by atoms with van der Waals surface area (Å²) in [6.07, 6.45) is 1.66. The van der Waals surface area contributed by atoms with Crippen LogP contribution in [0.25, 0.3) is 0 Å². The molecule has 0 radical (unpaired) electrons. The quantitative estimate of drug-likeness (QED) is 0.550. The molecule has 0 aliphatic heterocycles. The van der Waals surface area contributed by atoms with Gasteiger partial charge in [-0.15, -0.1) is 0 Å². The SMILES string of the molecule is COc1cc(OC)c(OC)cc1CNC(=O)c1cc(S(=O)(=O)NC2CC2)ccc1Br. The van der Waals surface area contributed by atoms with Crippen LogP contribution >= 0.6 is 15.9 Å². The van der Waals surface area contributed by atoms with Gasteiger partial charge in [0.05, 0.1) is 31.8 Å². The van der Waals surface area contributed by atoms with Crippen molar-refractivity contribution in [3.63, 3.8) is 0 Å². The minimum absolute atomic E-state index is 0.0200. The molecule has 10 heteroatoms. The number of sulfonamides is 1. The smallest absolute Gasteiger partial charge is 0.252 e. The number of carbonyl (C=O) groups is 1. The number of hydrogen-bond acceptors (Lipinski definition) is 6. The second kappa shape index (κ2) is 9.23. The molecule has 0 unspecified atom stereocenters. The van der Waals surface area contributed by atoms with Gasteiger partial charge in [-0.05, 0) is 53.0 Å². The molecule has 3 rings (SSSR count). The van der Waals surface area contributed by atoms with Crippen LogP contribution in [0.2, 0.25) is 0 Å². The molecule has 1 aliphatic rings. The lowest BCUT2D eigenvalue weighted by atomic mass is 10.1. The van der Waals surface area contributed by atoms with Crippen LogP contribution < -0.4 is 24.2 Å². The van der Waals surface area contributed by atoms with Gasteiger partial charge >= 0.3 is 0 Å². The van der Waals surface area contributed by atoms with Gasteiger partial charge in [-0.1, -0.05) is 0 Å². The number of nitrogens with one attached hydrogen (secondary N) is 2. The first-order chi connectivity index (χ1) is 14.3. The fourth-order valence-corrected chi connectivity index (χ4v) is 4.59. The van der Waals surface area contributed by atoms with Crippen molar-refractivity contribution in [1.82, 2.24) is 10.0 Å². The maximum Gasteiger partial charge on any atom is 0.252 e. The topological polar surface area (TPSA) is 103 Å².